The summed E-state index contributed by atoms with van der Waals surface area (Å²) in [5.41, 5.74) is 12.8. The number of piperidine rings is 1. The first kappa shape index (κ1) is 41.5. The maximum atomic E-state index is 13.4. The number of halogens is 1. The lowest BCUT2D eigenvalue weighted by atomic mass is 9.92. The summed E-state index contributed by atoms with van der Waals surface area (Å²) in [6, 6.07) is 5.89. The number of amides is 2. The fourth-order valence-electron chi connectivity index (χ4n) is 5.77. The van der Waals surface area contributed by atoms with Gasteiger partial charge in [0.05, 0.1) is 54.0 Å². The summed E-state index contributed by atoms with van der Waals surface area (Å²) in [4.78, 5) is 53.1. The van der Waals surface area contributed by atoms with Gasteiger partial charge in [-0.1, -0.05) is 25.4 Å². The molecule has 0 saturated carbocycles. The molecule has 1 aliphatic heterocycles. The number of guanidine groups is 1. The van der Waals surface area contributed by atoms with Crippen molar-refractivity contribution in [1.29, 1.82) is 15.9 Å². The molecule has 55 heavy (non-hydrogen) atoms. The predicted octanol–water partition coefficient (Wildman–Crippen LogP) is 2.00. The lowest BCUT2D eigenvalue weighted by molar-refractivity contribution is -0.137. The van der Waals surface area contributed by atoms with E-state index >= 15 is 0 Å². The monoisotopic (exact) mass is 777 g/mol. The van der Waals surface area contributed by atoms with Crippen LogP contribution in [-0.4, -0.2) is 101 Å². The summed E-state index contributed by atoms with van der Waals surface area (Å²) in [7, 11) is 1.24. The minimum Gasteiger partial charge on any atom is -0.461 e. The largest absolute Gasteiger partial charge is 0.461 e. The predicted molar refractivity (Wildman–Crippen MR) is 204 cm³/mol. The molecule has 21 heteroatoms. The third-order valence-electron chi connectivity index (χ3n) is 8.55. The summed E-state index contributed by atoms with van der Waals surface area (Å²) in [5, 5.41) is 43.0. The number of anilines is 4. The van der Waals surface area contributed by atoms with Crippen LogP contribution in [0.5, 0.6) is 0 Å². The normalized spacial score (nSPS) is 16.1. The van der Waals surface area contributed by atoms with Gasteiger partial charge in [0, 0.05) is 44.1 Å². The number of rotatable bonds is 15. The molecular weight excluding hydrogens is 734 g/mol. The van der Waals surface area contributed by atoms with Gasteiger partial charge in [-0.15, -0.1) is 5.10 Å². The van der Waals surface area contributed by atoms with Crippen molar-refractivity contribution >= 4 is 70.0 Å². The second-order valence-corrected chi connectivity index (χ2v) is 13.2. The van der Waals surface area contributed by atoms with Crippen molar-refractivity contribution in [3.8, 4) is 12.1 Å². The first-order valence-corrected chi connectivity index (χ1v) is 17.8. The van der Waals surface area contributed by atoms with Crippen molar-refractivity contribution in [2.24, 2.45) is 28.3 Å². The Balaban J connectivity index is 1.57. The first-order chi connectivity index (χ1) is 26.3. The van der Waals surface area contributed by atoms with E-state index in [2.05, 4.69) is 47.4 Å². The number of nitrogens with one attached hydrogen (secondary N) is 5. The van der Waals surface area contributed by atoms with Gasteiger partial charge >= 0.3 is 12.1 Å². The number of imidazole rings is 1. The summed E-state index contributed by atoms with van der Waals surface area (Å²) in [5.74, 6) is -2.22. The number of hydrogen-bond donors (Lipinski definition) is 7. The fraction of sp³-hybridized carbons (Fsp3) is 0.471. The second-order valence-electron chi connectivity index (χ2n) is 12.8. The molecule has 2 aromatic heterocycles. The number of ether oxygens (including phenoxy) is 2. The Morgan fingerprint density at radius 3 is 2.65 bits per heavy atom. The Morgan fingerprint density at radius 1 is 1.24 bits per heavy atom. The minimum absolute atomic E-state index is 0.0821. The molecule has 1 aliphatic rings. The SMILES string of the molecule is CCNc1nc(Nc2cc(C#N)cc(N3CC[C@@H](NC(=O)OC)C(COC(=O)/C(=N/C(=O)[C@@H](N)CCCNC(=N)N)C(C)C)C3)c2Cl)nn2c(C#N)cnc12. The van der Waals surface area contributed by atoms with Crippen LogP contribution in [0.2, 0.25) is 5.02 Å². The Bertz CT molecular complexity index is 2020. The Morgan fingerprint density at radius 2 is 2.00 bits per heavy atom. The van der Waals surface area contributed by atoms with Gasteiger partial charge in [0.2, 0.25) is 5.95 Å². The van der Waals surface area contributed by atoms with E-state index in [1.165, 1.54) is 17.8 Å². The number of benzene rings is 1. The van der Waals surface area contributed by atoms with Gasteiger partial charge in [0.25, 0.3) is 5.91 Å². The molecule has 1 unspecified atom stereocenters. The minimum atomic E-state index is -0.977. The standard InChI is InChI=1S/C34H44ClN15O5/c1-5-41-28-29-43-15-21(14-37)50(29)48-33(47-28)44-24-11-19(13-36)12-25(26(24)35)49-10-8-23(45-34(53)54-4)20(16-49)17-55-31(52)27(18(2)3)46-30(51)22(38)7-6-9-42-32(39)40/h11-12,15,18,20,22-23H,5-10,16-17,38H2,1-4H3,(H,45,53)(H4,39,40,42)(H2,41,44,47,48)/b46-27+/t20?,22-,23+/m0/s1. The van der Waals surface area contributed by atoms with Crippen LogP contribution in [0.1, 0.15) is 51.3 Å². The number of carbonyl (C=O) groups is 3. The molecule has 1 fully saturated rings. The van der Waals surface area contributed by atoms with Crippen LogP contribution in [0.4, 0.5) is 27.9 Å². The average Bonchev–Trinajstić information content (AvgIpc) is 3.58. The maximum Gasteiger partial charge on any atom is 0.407 e. The summed E-state index contributed by atoms with van der Waals surface area (Å²) < 4.78 is 11.9. The van der Waals surface area contributed by atoms with Crippen molar-refractivity contribution in [2.45, 2.75) is 52.1 Å². The highest BCUT2D eigenvalue weighted by atomic mass is 35.5. The van der Waals surface area contributed by atoms with Crippen molar-refractivity contribution in [3.05, 3.63) is 34.6 Å². The van der Waals surface area contributed by atoms with Crippen LogP contribution in [0.15, 0.2) is 23.3 Å². The van der Waals surface area contributed by atoms with E-state index < -0.39 is 41.9 Å². The third-order valence-corrected chi connectivity index (χ3v) is 8.95. The Labute approximate surface area is 322 Å². The highest BCUT2D eigenvalue weighted by Gasteiger charge is 2.34. The molecular formula is C34H44ClN15O5. The molecule has 3 heterocycles. The van der Waals surface area contributed by atoms with E-state index in [1.807, 2.05) is 17.9 Å². The molecule has 0 radical (unpaired) electrons. The van der Waals surface area contributed by atoms with Crippen LogP contribution in [0.25, 0.3) is 5.65 Å². The highest BCUT2D eigenvalue weighted by molar-refractivity contribution is 6.39. The zero-order valence-corrected chi connectivity index (χ0v) is 31.6. The van der Waals surface area contributed by atoms with Crippen LogP contribution in [0, 0.1) is 39.9 Å². The number of nitrogens with zero attached hydrogens (tertiary/aromatic N) is 8. The number of aliphatic imine (C=N–C) groups is 1. The van der Waals surface area contributed by atoms with Gasteiger partial charge in [0.15, 0.2) is 23.1 Å². The number of alkyl carbamates (subject to hydrolysis) is 1. The lowest BCUT2D eigenvalue weighted by Crippen LogP contribution is -2.53. The maximum absolute atomic E-state index is 13.4. The number of methoxy groups -OCH3 is 1. The van der Waals surface area contributed by atoms with E-state index in [9.17, 15) is 24.9 Å². The summed E-state index contributed by atoms with van der Waals surface area (Å²) >= 11 is 6.99. The van der Waals surface area contributed by atoms with Gasteiger partial charge in [0.1, 0.15) is 11.8 Å². The second kappa shape index (κ2) is 19.2. The zero-order valence-electron chi connectivity index (χ0n) is 30.8. The molecule has 0 spiro atoms. The Kier molecular flexibility index (Phi) is 14.5. The van der Waals surface area contributed by atoms with Crippen molar-refractivity contribution in [3.63, 3.8) is 0 Å². The number of esters is 1. The molecule has 3 aromatic rings. The van der Waals surface area contributed by atoms with Gasteiger partial charge in [-0.3, -0.25) is 10.2 Å². The molecule has 3 atom stereocenters. The topological polar surface area (TPSA) is 300 Å². The quantitative estimate of drug-likeness (QED) is 0.0502. The first-order valence-electron chi connectivity index (χ1n) is 17.4. The zero-order chi connectivity index (χ0) is 40.2. The molecule has 292 valence electrons. The molecule has 1 saturated heterocycles. The van der Waals surface area contributed by atoms with E-state index in [0.717, 1.165) is 0 Å². The van der Waals surface area contributed by atoms with Crippen molar-refractivity contribution in [1.82, 2.24) is 30.2 Å². The molecule has 0 aliphatic carbocycles. The van der Waals surface area contributed by atoms with E-state index in [4.69, 9.17) is 38.0 Å². The van der Waals surface area contributed by atoms with Crippen LogP contribution >= 0.6 is 11.6 Å². The van der Waals surface area contributed by atoms with Crippen molar-refractivity contribution in [2.75, 3.05) is 55.4 Å². The molecule has 4 rings (SSSR count). The van der Waals surface area contributed by atoms with Crippen LogP contribution in [-0.2, 0) is 19.1 Å². The van der Waals surface area contributed by atoms with Crippen LogP contribution < -0.4 is 37.6 Å². The lowest BCUT2D eigenvalue weighted by Gasteiger charge is -2.40. The smallest absolute Gasteiger partial charge is 0.407 e. The van der Waals surface area contributed by atoms with Gasteiger partial charge in [-0.25, -0.2) is 19.6 Å². The van der Waals surface area contributed by atoms with E-state index in [-0.39, 0.29) is 53.5 Å². The number of nitrogens with two attached hydrogens (primary N) is 2. The number of fused-ring (bicyclic) bond motifs is 1. The number of nitriles is 2. The number of hydrogen-bond acceptors (Lipinski definition) is 15. The molecule has 2 amide bonds. The molecule has 0 bridgehead atoms. The molecule has 20 nitrogen and oxygen atoms in total. The fourth-order valence-corrected chi connectivity index (χ4v) is 6.05. The third kappa shape index (κ3) is 10.7. The van der Waals surface area contributed by atoms with E-state index in [0.29, 0.717) is 55.3 Å². The van der Waals surface area contributed by atoms with Gasteiger partial charge in [-0.05, 0) is 38.3 Å². The van der Waals surface area contributed by atoms with Gasteiger partial charge in [-0.2, -0.15) is 20.0 Å². The molecule has 1 aromatic carbocycles. The average molecular weight is 778 g/mol. The number of carbonyl (C=O) groups excluding carboxylic acids is 3. The summed E-state index contributed by atoms with van der Waals surface area (Å²) in [6.07, 6.45) is 1.80. The highest BCUT2D eigenvalue weighted by Crippen LogP contribution is 2.38. The van der Waals surface area contributed by atoms with E-state index in [1.54, 1.807) is 26.0 Å². The summed E-state index contributed by atoms with van der Waals surface area (Å²) in [6.45, 7) is 6.56. The molecule has 9 N–H and O–H groups in total. The number of aromatic nitrogens is 4. The van der Waals surface area contributed by atoms with Crippen LogP contribution in [0.3, 0.4) is 0 Å². The van der Waals surface area contributed by atoms with Crippen molar-refractivity contribution < 1.29 is 23.9 Å². The van der Waals surface area contributed by atoms with Gasteiger partial charge < -0.3 is 47.1 Å². The Hall–Kier alpha value is -6.25.